The van der Waals surface area contributed by atoms with E-state index in [2.05, 4.69) is 10.6 Å². The largest absolute Gasteiger partial charge is 0.481 e. The number of esters is 1. The molecule has 34 heavy (non-hydrogen) atoms. The SMILES string of the molecule is O=C(O)CC[C@H](NC(=O)NCCc1ccc(OC(=O)c2ccc(F)cc2)cc1)C(=O)O.O=C=O. The molecule has 0 unspecified atom stereocenters. The highest BCUT2D eigenvalue weighted by Gasteiger charge is 2.20. The standard InChI is InChI=1S/C21H21FN2O7.CO2/c22-15-5-3-14(4-6-15)20(29)31-16-7-1-13(2-8-16)11-12-23-21(30)24-17(19(27)28)9-10-18(25)26;2-1-3/h1-8,17H,9-12H2,(H,25,26)(H,27,28)(H2,23,24,30);/t17-;/m0./s1. The summed E-state index contributed by atoms with van der Waals surface area (Å²) in [6, 6.07) is 9.47. The van der Waals surface area contributed by atoms with Gasteiger partial charge in [-0.3, -0.25) is 4.79 Å². The summed E-state index contributed by atoms with van der Waals surface area (Å²) in [6.07, 6.45) is 0.0675. The molecule has 11 nitrogen and oxygen atoms in total. The first-order chi connectivity index (χ1) is 16.2. The Hall–Kier alpha value is -4.57. The number of urea groups is 1. The minimum absolute atomic E-state index is 0.200. The number of benzene rings is 2. The molecule has 0 saturated heterocycles. The van der Waals surface area contributed by atoms with E-state index in [9.17, 15) is 23.6 Å². The van der Waals surface area contributed by atoms with Crippen molar-refractivity contribution in [3.8, 4) is 5.75 Å². The first-order valence-electron chi connectivity index (χ1n) is 9.71. The van der Waals surface area contributed by atoms with Crippen LogP contribution in [0.4, 0.5) is 9.18 Å². The van der Waals surface area contributed by atoms with Crippen molar-refractivity contribution in [2.75, 3.05) is 6.54 Å². The topological polar surface area (TPSA) is 176 Å². The summed E-state index contributed by atoms with van der Waals surface area (Å²) in [5, 5.41) is 22.4. The van der Waals surface area contributed by atoms with E-state index < -0.39 is 35.8 Å². The van der Waals surface area contributed by atoms with E-state index in [1.54, 1.807) is 24.3 Å². The Morgan fingerprint density at radius 1 is 0.971 bits per heavy atom. The van der Waals surface area contributed by atoms with Crippen molar-refractivity contribution >= 4 is 30.1 Å². The quantitative estimate of drug-likeness (QED) is 0.293. The van der Waals surface area contributed by atoms with E-state index in [0.717, 1.165) is 17.7 Å². The van der Waals surface area contributed by atoms with Crippen LogP contribution in [-0.2, 0) is 25.6 Å². The van der Waals surface area contributed by atoms with Gasteiger partial charge in [0.1, 0.15) is 17.6 Å². The van der Waals surface area contributed by atoms with Gasteiger partial charge in [0.2, 0.25) is 0 Å². The van der Waals surface area contributed by atoms with Crippen molar-refractivity contribution in [3.05, 3.63) is 65.5 Å². The number of hydrogen-bond donors (Lipinski definition) is 4. The molecule has 0 spiro atoms. The molecule has 0 saturated carbocycles. The number of carboxylic acid groups (broad SMARTS) is 2. The molecular formula is C22H21FN2O9. The van der Waals surface area contributed by atoms with Gasteiger partial charge in [-0.2, -0.15) is 9.59 Å². The van der Waals surface area contributed by atoms with Crippen LogP contribution in [0.15, 0.2) is 48.5 Å². The van der Waals surface area contributed by atoms with Crippen molar-refractivity contribution in [2.45, 2.75) is 25.3 Å². The van der Waals surface area contributed by atoms with Gasteiger partial charge in [-0.1, -0.05) is 12.1 Å². The number of rotatable bonds is 10. The Bertz CT molecular complexity index is 1020. The predicted octanol–water partition coefficient (Wildman–Crippen LogP) is 1.62. The molecule has 2 aromatic carbocycles. The van der Waals surface area contributed by atoms with E-state index in [4.69, 9.17) is 24.5 Å². The third kappa shape index (κ3) is 10.6. The minimum atomic E-state index is -1.32. The first kappa shape index (κ1) is 27.5. The molecule has 2 amide bonds. The van der Waals surface area contributed by atoms with Crippen LogP contribution in [0, 0.1) is 5.82 Å². The third-order valence-electron chi connectivity index (χ3n) is 4.16. The normalized spacial score (nSPS) is 10.5. The lowest BCUT2D eigenvalue weighted by Crippen LogP contribution is -2.46. The van der Waals surface area contributed by atoms with Crippen molar-refractivity contribution in [2.24, 2.45) is 0 Å². The van der Waals surface area contributed by atoms with Gasteiger partial charge in [-0.15, -0.1) is 0 Å². The molecule has 4 N–H and O–H groups in total. The molecule has 1 atom stereocenters. The molecule has 0 fully saturated rings. The highest BCUT2D eigenvalue weighted by Crippen LogP contribution is 2.15. The van der Waals surface area contributed by atoms with Crippen LogP contribution in [0.2, 0.25) is 0 Å². The van der Waals surface area contributed by atoms with E-state index in [0.29, 0.717) is 12.2 Å². The monoisotopic (exact) mass is 476 g/mol. The molecule has 12 heteroatoms. The molecule has 0 aliphatic rings. The summed E-state index contributed by atoms with van der Waals surface area (Å²) in [6.45, 7) is 0.200. The van der Waals surface area contributed by atoms with Crippen LogP contribution >= 0.6 is 0 Å². The molecule has 0 aliphatic carbocycles. The maximum atomic E-state index is 12.9. The number of nitrogens with one attached hydrogen (secondary N) is 2. The number of carbonyl (C=O) groups excluding carboxylic acids is 4. The Kier molecular flexibility index (Phi) is 11.7. The molecule has 0 aromatic heterocycles. The number of aliphatic carboxylic acids is 2. The van der Waals surface area contributed by atoms with Gasteiger partial charge in [-0.25, -0.2) is 18.8 Å². The molecule has 2 rings (SSSR count). The van der Waals surface area contributed by atoms with Gasteiger partial charge in [0.25, 0.3) is 0 Å². The molecule has 0 radical (unpaired) electrons. The van der Waals surface area contributed by atoms with Crippen LogP contribution < -0.4 is 15.4 Å². The second kappa shape index (κ2) is 14.5. The van der Waals surface area contributed by atoms with Crippen molar-refractivity contribution < 1.29 is 48.1 Å². The first-order valence-corrected chi connectivity index (χ1v) is 9.71. The zero-order valence-corrected chi connectivity index (χ0v) is 17.7. The summed E-state index contributed by atoms with van der Waals surface area (Å²) in [4.78, 5) is 61.7. The Labute approximate surface area is 192 Å². The van der Waals surface area contributed by atoms with Gasteiger partial charge in [-0.05, 0) is 54.8 Å². The average molecular weight is 476 g/mol. The fraction of sp³-hybridized carbons (Fsp3) is 0.227. The second-order valence-electron chi connectivity index (χ2n) is 6.60. The number of halogens is 1. The average Bonchev–Trinajstić information content (AvgIpc) is 2.78. The van der Waals surface area contributed by atoms with Crippen LogP contribution in [0.25, 0.3) is 0 Å². The minimum Gasteiger partial charge on any atom is -0.481 e. The molecular weight excluding hydrogens is 455 g/mol. The third-order valence-corrected chi connectivity index (χ3v) is 4.16. The van der Waals surface area contributed by atoms with E-state index >= 15 is 0 Å². The molecule has 0 bridgehead atoms. The smallest absolute Gasteiger partial charge is 0.373 e. The van der Waals surface area contributed by atoms with Gasteiger partial charge < -0.3 is 25.6 Å². The van der Waals surface area contributed by atoms with Gasteiger partial charge in [0.15, 0.2) is 0 Å². The fourth-order valence-corrected chi connectivity index (χ4v) is 2.53. The molecule has 180 valence electrons. The number of amides is 2. The highest BCUT2D eigenvalue weighted by atomic mass is 19.1. The Morgan fingerprint density at radius 2 is 1.56 bits per heavy atom. The number of carboxylic acids is 2. The van der Waals surface area contributed by atoms with E-state index in [1.165, 1.54) is 12.1 Å². The molecule has 2 aromatic rings. The summed E-state index contributed by atoms with van der Waals surface area (Å²) < 4.78 is 18.1. The van der Waals surface area contributed by atoms with Gasteiger partial charge >= 0.3 is 30.1 Å². The lowest BCUT2D eigenvalue weighted by Gasteiger charge is -2.14. The van der Waals surface area contributed by atoms with E-state index in [-0.39, 0.29) is 31.1 Å². The van der Waals surface area contributed by atoms with E-state index in [1.807, 2.05) is 0 Å². The van der Waals surface area contributed by atoms with Crippen LogP contribution in [0.3, 0.4) is 0 Å². The van der Waals surface area contributed by atoms with Crippen molar-refractivity contribution in [1.82, 2.24) is 10.6 Å². The Morgan fingerprint density at radius 3 is 2.09 bits per heavy atom. The van der Waals surface area contributed by atoms with Crippen LogP contribution in [0.1, 0.15) is 28.8 Å². The van der Waals surface area contributed by atoms with Gasteiger partial charge in [0, 0.05) is 13.0 Å². The lowest BCUT2D eigenvalue weighted by molar-refractivity contribution is -0.191. The summed E-state index contributed by atoms with van der Waals surface area (Å²) in [5.74, 6) is -3.25. The maximum Gasteiger partial charge on any atom is 0.373 e. The Balaban J connectivity index is 0.00000182. The molecule has 0 heterocycles. The number of carbonyl (C=O) groups is 4. The second-order valence-corrected chi connectivity index (χ2v) is 6.60. The summed E-state index contributed by atoms with van der Waals surface area (Å²) in [5.41, 5.74) is 1.03. The highest BCUT2D eigenvalue weighted by molar-refractivity contribution is 5.91. The number of hydrogen-bond acceptors (Lipinski definition) is 7. The zero-order valence-electron chi connectivity index (χ0n) is 17.7. The predicted molar refractivity (Wildman–Crippen MR) is 111 cm³/mol. The molecule has 0 aliphatic heterocycles. The van der Waals surface area contributed by atoms with Crippen molar-refractivity contribution in [1.29, 1.82) is 0 Å². The summed E-state index contributed by atoms with van der Waals surface area (Å²) in [7, 11) is 0. The summed E-state index contributed by atoms with van der Waals surface area (Å²) >= 11 is 0. The van der Waals surface area contributed by atoms with Crippen LogP contribution in [0.5, 0.6) is 5.75 Å². The zero-order chi connectivity index (χ0) is 25.5. The van der Waals surface area contributed by atoms with Gasteiger partial charge in [0.05, 0.1) is 5.56 Å². The van der Waals surface area contributed by atoms with Crippen molar-refractivity contribution in [3.63, 3.8) is 0 Å². The number of ether oxygens (including phenoxy) is 1. The fourth-order valence-electron chi connectivity index (χ4n) is 2.53. The lowest BCUT2D eigenvalue weighted by atomic mass is 10.1. The maximum absolute atomic E-state index is 12.9. The van der Waals surface area contributed by atoms with Crippen LogP contribution in [-0.4, -0.2) is 52.9 Å².